The Morgan fingerprint density at radius 1 is 1.67 bits per heavy atom. The molecule has 1 aromatic heterocycles. The molecule has 0 aliphatic carbocycles. The molecule has 0 unspecified atom stereocenters. The molecule has 1 amide bonds. The van der Waals surface area contributed by atoms with Crippen LogP contribution in [0.5, 0.6) is 0 Å². The zero-order valence-corrected chi connectivity index (χ0v) is 10.1. The molecule has 1 atom stereocenters. The highest BCUT2D eigenvalue weighted by molar-refractivity contribution is 5.68. The predicted octanol–water partition coefficient (Wildman–Crippen LogP) is 1.21. The summed E-state index contributed by atoms with van der Waals surface area (Å²) in [7, 11) is 1.38. The van der Waals surface area contributed by atoms with Crippen LogP contribution in [0.15, 0.2) is 18.3 Å². The zero-order valence-electron chi connectivity index (χ0n) is 10.1. The standard InChI is InChI=1S/C12H14N4O2/c1-18-12(17)16-5-4-10(8-16)15-11-3-2-9(6-13)7-14-11/h2-3,7,10H,4-5,8H2,1H3,(H,14,15)/t10-/m0/s1. The molecular weight excluding hydrogens is 232 g/mol. The number of hydrogen-bond donors (Lipinski definition) is 1. The molecule has 1 aromatic rings. The molecule has 0 saturated carbocycles. The number of methoxy groups -OCH3 is 1. The summed E-state index contributed by atoms with van der Waals surface area (Å²) in [6.45, 7) is 1.29. The monoisotopic (exact) mass is 246 g/mol. The molecule has 2 heterocycles. The number of likely N-dealkylation sites (tertiary alicyclic amines) is 1. The minimum atomic E-state index is -0.299. The van der Waals surface area contributed by atoms with Crippen LogP contribution in [0, 0.1) is 11.3 Å². The van der Waals surface area contributed by atoms with E-state index in [-0.39, 0.29) is 12.1 Å². The molecule has 0 aromatic carbocycles. The van der Waals surface area contributed by atoms with Crippen LogP contribution in [-0.4, -0.2) is 42.2 Å². The van der Waals surface area contributed by atoms with Gasteiger partial charge in [0.05, 0.1) is 12.7 Å². The summed E-state index contributed by atoms with van der Waals surface area (Å²) in [5.74, 6) is 0.714. The van der Waals surface area contributed by atoms with Crippen LogP contribution in [0.3, 0.4) is 0 Å². The van der Waals surface area contributed by atoms with Gasteiger partial charge in [-0.15, -0.1) is 0 Å². The lowest BCUT2D eigenvalue weighted by molar-refractivity contribution is 0.133. The maximum Gasteiger partial charge on any atom is 0.409 e. The Balaban J connectivity index is 1.91. The van der Waals surface area contributed by atoms with Gasteiger partial charge in [0.25, 0.3) is 0 Å². The molecule has 0 spiro atoms. The summed E-state index contributed by atoms with van der Waals surface area (Å²) in [4.78, 5) is 17.1. The van der Waals surface area contributed by atoms with Crippen LogP contribution in [0.25, 0.3) is 0 Å². The van der Waals surface area contributed by atoms with Crippen molar-refractivity contribution in [3.63, 3.8) is 0 Å². The molecule has 1 aliphatic heterocycles. The van der Waals surface area contributed by atoms with Crippen LogP contribution in [0.4, 0.5) is 10.6 Å². The number of carbonyl (C=O) groups is 1. The van der Waals surface area contributed by atoms with E-state index in [1.54, 1.807) is 17.0 Å². The van der Waals surface area contributed by atoms with E-state index in [1.165, 1.54) is 13.3 Å². The van der Waals surface area contributed by atoms with Gasteiger partial charge in [0.1, 0.15) is 11.9 Å². The number of rotatable bonds is 2. The average Bonchev–Trinajstić information content (AvgIpc) is 2.87. The quantitative estimate of drug-likeness (QED) is 0.848. The second kappa shape index (κ2) is 5.36. The molecular formula is C12H14N4O2. The lowest BCUT2D eigenvalue weighted by Crippen LogP contribution is -2.31. The predicted molar refractivity (Wildman–Crippen MR) is 65.0 cm³/mol. The van der Waals surface area contributed by atoms with Crippen molar-refractivity contribution in [1.29, 1.82) is 5.26 Å². The van der Waals surface area contributed by atoms with Crippen molar-refractivity contribution in [1.82, 2.24) is 9.88 Å². The lowest BCUT2D eigenvalue weighted by Gasteiger charge is -2.15. The summed E-state index contributed by atoms with van der Waals surface area (Å²) in [5.41, 5.74) is 0.531. The minimum Gasteiger partial charge on any atom is -0.453 e. The Kier molecular flexibility index (Phi) is 3.63. The van der Waals surface area contributed by atoms with Gasteiger partial charge in [-0.3, -0.25) is 0 Å². The molecule has 94 valence electrons. The van der Waals surface area contributed by atoms with Crippen LogP contribution in [-0.2, 0) is 4.74 Å². The van der Waals surface area contributed by atoms with Gasteiger partial charge in [0.15, 0.2) is 0 Å². The second-order valence-corrected chi connectivity index (χ2v) is 4.09. The number of ether oxygens (including phenoxy) is 1. The summed E-state index contributed by atoms with van der Waals surface area (Å²) in [6.07, 6.45) is 2.08. The third-order valence-electron chi connectivity index (χ3n) is 2.87. The van der Waals surface area contributed by atoms with Crippen LogP contribution < -0.4 is 5.32 Å². The van der Waals surface area contributed by atoms with Crippen molar-refractivity contribution in [3.05, 3.63) is 23.9 Å². The van der Waals surface area contributed by atoms with E-state index in [1.807, 2.05) is 6.07 Å². The van der Waals surface area contributed by atoms with E-state index < -0.39 is 0 Å². The molecule has 6 heteroatoms. The second-order valence-electron chi connectivity index (χ2n) is 4.09. The maximum absolute atomic E-state index is 11.3. The summed E-state index contributed by atoms with van der Waals surface area (Å²) < 4.78 is 4.67. The Bertz CT molecular complexity index is 466. The average molecular weight is 246 g/mol. The number of amides is 1. The summed E-state index contributed by atoms with van der Waals surface area (Å²) >= 11 is 0. The number of pyridine rings is 1. The molecule has 1 fully saturated rings. The van der Waals surface area contributed by atoms with E-state index in [0.29, 0.717) is 24.5 Å². The van der Waals surface area contributed by atoms with Gasteiger partial charge in [0, 0.05) is 25.3 Å². The Morgan fingerprint density at radius 2 is 2.50 bits per heavy atom. The van der Waals surface area contributed by atoms with E-state index in [0.717, 1.165) is 6.42 Å². The van der Waals surface area contributed by atoms with Crippen LogP contribution in [0.2, 0.25) is 0 Å². The van der Waals surface area contributed by atoms with Crippen LogP contribution >= 0.6 is 0 Å². The molecule has 1 aliphatic rings. The first kappa shape index (κ1) is 12.2. The third kappa shape index (κ3) is 2.69. The molecule has 0 bridgehead atoms. The number of nitrogens with one attached hydrogen (secondary N) is 1. The number of anilines is 1. The topological polar surface area (TPSA) is 78.2 Å². The number of carbonyl (C=O) groups excluding carboxylic acids is 1. The highest BCUT2D eigenvalue weighted by Crippen LogP contribution is 2.15. The number of hydrogen-bond acceptors (Lipinski definition) is 5. The third-order valence-corrected chi connectivity index (χ3v) is 2.87. The van der Waals surface area contributed by atoms with E-state index >= 15 is 0 Å². The van der Waals surface area contributed by atoms with Gasteiger partial charge in [0.2, 0.25) is 0 Å². The fraction of sp³-hybridized carbons (Fsp3) is 0.417. The Hall–Kier alpha value is -2.29. The number of aromatic nitrogens is 1. The largest absolute Gasteiger partial charge is 0.453 e. The Morgan fingerprint density at radius 3 is 3.11 bits per heavy atom. The summed E-state index contributed by atoms with van der Waals surface area (Å²) in [6, 6.07) is 5.66. The van der Waals surface area contributed by atoms with Crippen molar-refractivity contribution in [2.75, 3.05) is 25.5 Å². The van der Waals surface area contributed by atoms with Gasteiger partial charge in [-0.2, -0.15) is 5.26 Å². The molecule has 1 saturated heterocycles. The molecule has 6 nitrogen and oxygen atoms in total. The fourth-order valence-electron chi connectivity index (χ4n) is 1.93. The van der Waals surface area contributed by atoms with Crippen molar-refractivity contribution in [2.24, 2.45) is 0 Å². The van der Waals surface area contributed by atoms with Gasteiger partial charge in [-0.05, 0) is 18.6 Å². The number of nitrogens with zero attached hydrogens (tertiary/aromatic N) is 3. The van der Waals surface area contributed by atoms with E-state index in [2.05, 4.69) is 15.0 Å². The van der Waals surface area contributed by atoms with E-state index in [4.69, 9.17) is 5.26 Å². The lowest BCUT2D eigenvalue weighted by atomic mass is 10.2. The van der Waals surface area contributed by atoms with Gasteiger partial charge < -0.3 is 15.0 Å². The van der Waals surface area contributed by atoms with Crippen molar-refractivity contribution >= 4 is 11.9 Å². The first-order valence-corrected chi connectivity index (χ1v) is 5.68. The molecule has 18 heavy (non-hydrogen) atoms. The van der Waals surface area contributed by atoms with Gasteiger partial charge in [-0.25, -0.2) is 9.78 Å². The normalized spacial score (nSPS) is 18.2. The maximum atomic E-state index is 11.3. The zero-order chi connectivity index (χ0) is 13.0. The minimum absolute atomic E-state index is 0.171. The summed E-state index contributed by atoms with van der Waals surface area (Å²) in [5, 5.41) is 11.9. The van der Waals surface area contributed by atoms with Crippen LogP contribution in [0.1, 0.15) is 12.0 Å². The highest BCUT2D eigenvalue weighted by atomic mass is 16.5. The molecule has 1 N–H and O–H groups in total. The van der Waals surface area contributed by atoms with Crippen molar-refractivity contribution in [3.8, 4) is 6.07 Å². The number of nitriles is 1. The van der Waals surface area contributed by atoms with Crippen molar-refractivity contribution in [2.45, 2.75) is 12.5 Å². The highest BCUT2D eigenvalue weighted by Gasteiger charge is 2.26. The SMILES string of the molecule is COC(=O)N1CC[C@H](Nc2ccc(C#N)cn2)C1. The smallest absolute Gasteiger partial charge is 0.409 e. The molecule has 0 radical (unpaired) electrons. The first-order chi connectivity index (χ1) is 8.72. The fourth-order valence-corrected chi connectivity index (χ4v) is 1.93. The van der Waals surface area contributed by atoms with Gasteiger partial charge >= 0.3 is 6.09 Å². The van der Waals surface area contributed by atoms with Gasteiger partial charge in [-0.1, -0.05) is 0 Å². The van der Waals surface area contributed by atoms with E-state index in [9.17, 15) is 4.79 Å². The van der Waals surface area contributed by atoms with Crippen molar-refractivity contribution < 1.29 is 9.53 Å². The Labute approximate surface area is 105 Å². The molecule has 2 rings (SSSR count). The first-order valence-electron chi connectivity index (χ1n) is 5.68.